The fourth-order valence-electron chi connectivity index (χ4n) is 3.32. The van der Waals surface area contributed by atoms with Gasteiger partial charge in [-0.2, -0.15) is 0 Å². The van der Waals surface area contributed by atoms with Crippen molar-refractivity contribution in [2.45, 2.75) is 55.9 Å². The van der Waals surface area contributed by atoms with Gasteiger partial charge in [-0.05, 0) is 25.3 Å². The molecule has 1 aliphatic heterocycles. The Morgan fingerprint density at radius 2 is 1.95 bits per heavy atom. The Kier molecular flexibility index (Phi) is 4.69. The Balaban J connectivity index is 1.71. The molecule has 4 heteroatoms. The van der Waals surface area contributed by atoms with E-state index < -0.39 is 0 Å². The lowest BCUT2D eigenvalue weighted by Gasteiger charge is -2.28. The van der Waals surface area contributed by atoms with Crippen molar-refractivity contribution in [2.24, 2.45) is 0 Å². The topological polar surface area (TPSA) is 38.3 Å². The highest BCUT2D eigenvalue weighted by molar-refractivity contribution is 6.21. The molecule has 1 aromatic carbocycles. The Bertz CT molecular complexity index is 505. The van der Waals surface area contributed by atoms with E-state index in [-0.39, 0.29) is 23.2 Å². The Morgan fingerprint density at radius 1 is 1.14 bits per heavy atom. The van der Waals surface area contributed by atoms with Gasteiger partial charge in [-0.15, -0.1) is 11.6 Å². The van der Waals surface area contributed by atoms with Crippen LogP contribution in [-0.2, 0) is 4.79 Å². The molecule has 1 amide bonds. The molecule has 1 N–H and O–H groups in total. The lowest BCUT2D eigenvalue weighted by atomic mass is 9.91. The van der Waals surface area contributed by atoms with Crippen LogP contribution in [0.1, 0.15) is 50.0 Å². The predicted octanol–water partition coefficient (Wildman–Crippen LogP) is 3.61. The molecule has 3 rings (SSSR count). The minimum atomic E-state index is -0.109. The molecule has 0 aromatic heterocycles. The highest BCUT2D eigenvalue weighted by atomic mass is 35.5. The molecule has 114 valence electrons. The maximum Gasteiger partial charge on any atom is 0.228 e. The summed E-state index contributed by atoms with van der Waals surface area (Å²) in [5.74, 6) is 0.831. The molecule has 21 heavy (non-hydrogen) atoms. The Hall–Kier alpha value is -1.22. The number of benzene rings is 1. The molecule has 0 spiro atoms. The van der Waals surface area contributed by atoms with Gasteiger partial charge >= 0.3 is 0 Å². The minimum absolute atomic E-state index is 0.0616. The lowest BCUT2D eigenvalue weighted by Crippen LogP contribution is -2.43. The zero-order chi connectivity index (χ0) is 14.7. The third-order valence-electron chi connectivity index (χ3n) is 4.53. The van der Waals surface area contributed by atoms with Gasteiger partial charge in [0.05, 0.1) is 17.9 Å². The van der Waals surface area contributed by atoms with Gasteiger partial charge < -0.3 is 10.1 Å². The zero-order valence-corrected chi connectivity index (χ0v) is 12.9. The molecular formula is C17H22ClNO2. The Morgan fingerprint density at radius 3 is 2.86 bits per heavy atom. The van der Waals surface area contributed by atoms with E-state index in [4.69, 9.17) is 16.3 Å². The first kappa shape index (κ1) is 14.7. The van der Waals surface area contributed by atoms with Crippen molar-refractivity contribution < 1.29 is 9.53 Å². The summed E-state index contributed by atoms with van der Waals surface area (Å²) in [6.07, 6.45) is 6.26. The van der Waals surface area contributed by atoms with Gasteiger partial charge in [0.2, 0.25) is 5.91 Å². The van der Waals surface area contributed by atoms with Crippen molar-refractivity contribution in [3.05, 3.63) is 29.8 Å². The van der Waals surface area contributed by atoms with Crippen LogP contribution >= 0.6 is 11.6 Å². The van der Waals surface area contributed by atoms with E-state index in [1.807, 2.05) is 24.3 Å². The normalized spacial score (nSPS) is 28.9. The van der Waals surface area contributed by atoms with Crippen LogP contribution < -0.4 is 10.1 Å². The zero-order valence-electron chi connectivity index (χ0n) is 12.2. The number of carbonyl (C=O) groups is 1. The van der Waals surface area contributed by atoms with Crippen LogP contribution in [0.25, 0.3) is 0 Å². The largest absolute Gasteiger partial charge is 0.493 e. The number of alkyl halides is 1. The third-order valence-corrected chi connectivity index (χ3v) is 5.06. The summed E-state index contributed by atoms with van der Waals surface area (Å²) < 4.78 is 5.63. The maximum atomic E-state index is 12.7. The molecule has 0 saturated heterocycles. The van der Waals surface area contributed by atoms with Gasteiger partial charge in [-0.3, -0.25) is 4.79 Å². The molecule has 2 aliphatic rings. The summed E-state index contributed by atoms with van der Waals surface area (Å²) in [7, 11) is 0. The molecule has 1 aromatic rings. The van der Waals surface area contributed by atoms with E-state index >= 15 is 0 Å². The first-order valence-corrected chi connectivity index (χ1v) is 8.35. The van der Waals surface area contributed by atoms with E-state index in [1.54, 1.807) is 0 Å². The quantitative estimate of drug-likeness (QED) is 0.669. The highest BCUT2D eigenvalue weighted by Gasteiger charge is 2.30. The molecule has 1 saturated carbocycles. The van der Waals surface area contributed by atoms with E-state index in [2.05, 4.69) is 5.32 Å². The van der Waals surface area contributed by atoms with E-state index in [0.29, 0.717) is 6.61 Å². The standard InChI is InChI=1S/C17H22ClNO2/c18-14-7-2-1-3-8-15(14)19-17(20)13-10-11-21-16-9-5-4-6-12(13)16/h4-6,9,13-15H,1-3,7-8,10-11H2,(H,19,20). The van der Waals surface area contributed by atoms with E-state index in [9.17, 15) is 4.79 Å². The number of hydrogen-bond acceptors (Lipinski definition) is 2. The van der Waals surface area contributed by atoms with Crippen LogP contribution in [0.2, 0.25) is 0 Å². The van der Waals surface area contributed by atoms with Gasteiger partial charge in [0.1, 0.15) is 5.75 Å². The number of para-hydroxylation sites is 1. The first-order chi connectivity index (χ1) is 10.3. The first-order valence-electron chi connectivity index (χ1n) is 7.92. The van der Waals surface area contributed by atoms with Gasteiger partial charge in [0.25, 0.3) is 0 Å². The molecule has 0 radical (unpaired) electrons. The van der Waals surface area contributed by atoms with Gasteiger partial charge in [0, 0.05) is 11.6 Å². The second-order valence-corrected chi connectivity index (χ2v) is 6.56. The second-order valence-electron chi connectivity index (χ2n) is 6.00. The number of ether oxygens (including phenoxy) is 1. The fraction of sp³-hybridized carbons (Fsp3) is 0.588. The average Bonchev–Trinajstić information content (AvgIpc) is 2.71. The molecule has 1 fully saturated rings. The number of amides is 1. The van der Waals surface area contributed by atoms with Crippen molar-refractivity contribution >= 4 is 17.5 Å². The van der Waals surface area contributed by atoms with Crippen LogP contribution in [0.5, 0.6) is 5.75 Å². The number of carbonyl (C=O) groups excluding carboxylic acids is 1. The third kappa shape index (κ3) is 3.34. The van der Waals surface area contributed by atoms with Crippen LogP contribution in [0.15, 0.2) is 24.3 Å². The number of hydrogen-bond donors (Lipinski definition) is 1. The highest BCUT2D eigenvalue weighted by Crippen LogP contribution is 2.34. The molecule has 3 nitrogen and oxygen atoms in total. The second kappa shape index (κ2) is 6.69. The molecule has 1 heterocycles. The van der Waals surface area contributed by atoms with Gasteiger partial charge in [-0.25, -0.2) is 0 Å². The van der Waals surface area contributed by atoms with E-state index in [1.165, 1.54) is 12.8 Å². The summed E-state index contributed by atoms with van der Waals surface area (Å²) in [5.41, 5.74) is 1.00. The molecule has 3 atom stereocenters. The number of halogens is 1. The number of rotatable bonds is 2. The minimum Gasteiger partial charge on any atom is -0.493 e. The number of nitrogens with one attached hydrogen (secondary N) is 1. The van der Waals surface area contributed by atoms with Gasteiger partial charge in [0.15, 0.2) is 0 Å². The number of fused-ring (bicyclic) bond motifs is 1. The van der Waals surface area contributed by atoms with Crippen LogP contribution in [0, 0.1) is 0 Å². The summed E-state index contributed by atoms with van der Waals surface area (Å²) in [5, 5.41) is 3.25. The summed E-state index contributed by atoms with van der Waals surface area (Å²) >= 11 is 6.43. The van der Waals surface area contributed by atoms with Crippen molar-refractivity contribution in [3.63, 3.8) is 0 Å². The van der Waals surface area contributed by atoms with Crippen molar-refractivity contribution in [3.8, 4) is 5.75 Å². The smallest absolute Gasteiger partial charge is 0.228 e. The Labute approximate surface area is 131 Å². The monoisotopic (exact) mass is 307 g/mol. The van der Waals surface area contributed by atoms with Crippen LogP contribution in [0.3, 0.4) is 0 Å². The predicted molar refractivity (Wildman–Crippen MR) is 84.0 cm³/mol. The fourth-order valence-corrected chi connectivity index (χ4v) is 3.67. The van der Waals surface area contributed by atoms with Crippen molar-refractivity contribution in [1.29, 1.82) is 0 Å². The van der Waals surface area contributed by atoms with Crippen LogP contribution in [0.4, 0.5) is 0 Å². The van der Waals surface area contributed by atoms with Crippen molar-refractivity contribution in [1.82, 2.24) is 5.32 Å². The van der Waals surface area contributed by atoms with Crippen LogP contribution in [-0.4, -0.2) is 23.9 Å². The summed E-state index contributed by atoms with van der Waals surface area (Å²) in [6, 6.07) is 7.94. The lowest BCUT2D eigenvalue weighted by molar-refractivity contribution is -0.124. The average molecular weight is 308 g/mol. The maximum absolute atomic E-state index is 12.7. The summed E-state index contributed by atoms with van der Waals surface area (Å²) in [6.45, 7) is 0.601. The molecule has 0 bridgehead atoms. The SMILES string of the molecule is O=C(NC1CCCCCC1Cl)C1CCOc2ccccc21. The van der Waals surface area contributed by atoms with Crippen molar-refractivity contribution in [2.75, 3.05) is 6.61 Å². The van der Waals surface area contributed by atoms with E-state index in [0.717, 1.165) is 37.0 Å². The molecule has 1 aliphatic carbocycles. The molecule has 3 unspecified atom stereocenters. The van der Waals surface area contributed by atoms with Gasteiger partial charge in [-0.1, -0.05) is 37.5 Å². The summed E-state index contributed by atoms with van der Waals surface area (Å²) in [4.78, 5) is 12.7. The molecular weight excluding hydrogens is 286 g/mol.